The van der Waals surface area contributed by atoms with E-state index in [2.05, 4.69) is 5.32 Å². The minimum absolute atomic E-state index is 0.108. The third-order valence-electron chi connectivity index (χ3n) is 5.01. The standard InChI is InChI=1S/C21H19FN2O3S2/c1-14-8-9-17(12-18(14)22)23-21(25)19-11-15-5-2-3-6-16(15)13-24(19)29(26,27)20-7-4-10-28-20/h2-10,12,19H,11,13H2,1H3,(H,23,25). The Hall–Kier alpha value is -2.55. The van der Waals surface area contributed by atoms with Gasteiger partial charge in [0.25, 0.3) is 10.0 Å². The fourth-order valence-corrected chi connectivity index (χ4v) is 6.08. The molecule has 2 heterocycles. The summed E-state index contributed by atoms with van der Waals surface area (Å²) in [5.74, 6) is -0.914. The summed E-state index contributed by atoms with van der Waals surface area (Å²) in [4.78, 5) is 13.1. The van der Waals surface area contributed by atoms with E-state index in [0.717, 1.165) is 22.5 Å². The van der Waals surface area contributed by atoms with Crippen LogP contribution in [0.25, 0.3) is 0 Å². The molecule has 1 unspecified atom stereocenters. The zero-order chi connectivity index (χ0) is 20.6. The van der Waals surface area contributed by atoms with Gasteiger partial charge >= 0.3 is 0 Å². The summed E-state index contributed by atoms with van der Waals surface area (Å²) in [5.41, 5.74) is 2.57. The number of fused-ring (bicyclic) bond motifs is 1. The van der Waals surface area contributed by atoms with E-state index in [-0.39, 0.29) is 17.2 Å². The van der Waals surface area contributed by atoms with Crippen LogP contribution in [-0.2, 0) is 27.8 Å². The number of sulfonamides is 1. The lowest BCUT2D eigenvalue weighted by Gasteiger charge is -2.34. The van der Waals surface area contributed by atoms with Crippen molar-refractivity contribution in [1.82, 2.24) is 4.31 Å². The molecule has 1 amide bonds. The molecule has 2 aromatic carbocycles. The first kappa shape index (κ1) is 19.8. The van der Waals surface area contributed by atoms with Gasteiger partial charge in [0.2, 0.25) is 5.91 Å². The van der Waals surface area contributed by atoms with Gasteiger partial charge in [-0.05, 0) is 53.6 Å². The molecule has 8 heteroatoms. The van der Waals surface area contributed by atoms with Gasteiger partial charge in [0.05, 0.1) is 0 Å². The summed E-state index contributed by atoms with van der Waals surface area (Å²) < 4.78 is 41.7. The Balaban J connectivity index is 1.69. The van der Waals surface area contributed by atoms with Crippen molar-refractivity contribution in [2.45, 2.75) is 30.1 Å². The number of amides is 1. The maximum atomic E-state index is 13.9. The van der Waals surface area contributed by atoms with Crippen LogP contribution >= 0.6 is 11.3 Å². The molecule has 0 saturated heterocycles. The highest BCUT2D eigenvalue weighted by Crippen LogP contribution is 2.31. The number of benzene rings is 2. The Labute approximate surface area is 172 Å². The van der Waals surface area contributed by atoms with Crippen molar-refractivity contribution in [3.63, 3.8) is 0 Å². The van der Waals surface area contributed by atoms with E-state index < -0.39 is 27.8 Å². The molecule has 0 spiro atoms. The minimum Gasteiger partial charge on any atom is -0.325 e. The summed E-state index contributed by atoms with van der Waals surface area (Å²) in [6.45, 7) is 1.74. The third kappa shape index (κ3) is 3.83. The summed E-state index contributed by atoms with van der Waals surface area (Å²) in [6, 6.07) is 14.2. The lowest BCUT2D eigenvalue weighted by atomic mass is 9.95. The lowest BCUT2D eigenvalue weighted by molar-refractivity contribution is -0.120. The van der Waals surface area contributed by atoms with Crippen LogP contribution in [0.2, 0.25) is 0 Å². The van der Waals surface area contributed by atoms with Gasteiger partial charge in [-0.15, -0.1) is 11.3 Å². The maximum Gasteiger partial charge on any atom is 0.253 e. The highest BCUT2D eigenvalue weighted by Gasteiger charge is 2.40. The Morgan fingerprint density at radius 1 is 1.14 bits per heavy atom. The van der Waals surface area contributed by atoms with Crippen molar-refractivity contribution >= 4 is 33.0 Å². The highest BCUT2D eigenvalue weighted by molar-refractivity contribution is 7.91. The maximum absolute atomic E-state index is 13.9. The second-order valence-corrected chi connectivity index (χ2v) is 9.99. The van der Waals surface area contributed by atoms with Crippen molar-refractivity contribution in [3.8, 4) is 0 Å². The molecular formula is C21H19FN2O3S2. The Morgan fingerprint density at radius 3 is 2.59 bits per heavy atom. The average molecular weight is 431 g/mol. The topological polar surface area (TPSA) is 66.5 Å². The minimum atomic E-state index is -3.85. The Morgan fingerprint density at radius 2 is 1.90 bits per heavy atom. The van der Waals surface area contributed by atoms with Gasteiger partial charge in [0.15, 0.2) is 0 Å². The van der Waals surface area contributed by atoms with Crippen LogP contribution in [0.1, 0.15) is 16.7 Å². The van der Waals surface area contributed by atoms with Crippen LogP contribution in [0.3, 0.4) is 0 Å². The van der Waals surface area contributed by atoms with Crippen molar-refractivity contribution < 1.29 is 17.6 Å². The largest absolute Gasteiger partial charge is 0.325 e. The Kier molecular flexibility index (Phi) is 5.24. The molecule has 1 aliphatic rings. The molecule has 1 atom stereocenters. The van der Waals surface area contributed by atoms with Crippen LogP contribution in [-0.4, -0.2) is 24.7 Å². The van der Waals surface area contributed by atoms with Gasteiger partial charge in [-0.3, -0.25) is 4.79 Å². The first-order valence-electron chi connectivity index (χ1n) is 9.05. The molecule has 0 radical (unpaired) electrons. The van der Waals surface area contributed by atoms with Crippen LogP contribution in [0.15, 0.2) is 64.2 Å². The third-order valence-corrected chi connectivity index (χ3v) is 8.23. The van der Waals surface area contributed by atoms with Crippen molar-refractivity contribution in [1.29, 1.82) is 0 Å². The van der Waals surface area contributed by atoms with Crippen molar-refractivity contribution in [2.75, 3.05) is 5.32 Å². The number of rotatable bonds is 4. The first-order valence-corrected chi connectivity index (χ1v) is 11.4. The van der Waals surface area contributed by atoms with E-state index in [9.17, 15) is 17.6 Å². The molecule has 1 N–H and O–H groups in total. The number of thiophene rings is 1. The van der Waals surface area contributed by atoms with Gasteiger partial charge in [-0.25, -0.2) is 12.8 Å². The second-order valence-electron chi connectivity index (χ2n) is 6.92. The Bertz CT molecular complexity index is 1160. The zero-order valence-corrected chi connectivity index (χ0v) is 17.3. The lowest BCUT2D eigenvalue weighted by Crippen LogP contribution is -2.50. The summed E-state index contributed by atoms with van der Waals surface area (Å²) in [6.07, 6.45) is 0.251. The molecule has 1 aromatic heterocycles. The van der Waals surface area contributed by atoms with Crippen LogP contribution < -0.4 is 5.32 Å². The first-order chi connectivity index (χ1) is 13.9. The average Bonchev–Trinajstić information content (AvgIpc) is 3.25. The highest BCUT2D eigenvalue weighted by atomic mass is 32.2. The predicted octanol–water partition coefficient (Wildman–Crippen LogP) is 3.95. The smallest absolute Gasteiger partial charge is 0.253 e. The van der Waals surface area contributed by atoms with Gasteiger partial charge in [0.1, 0.15) is 16.1 Å². The molecule has 0 saturated carbocycles. The molecule has 150 valence electrons. The summed E-state index contributed by atoms with van der Waals surface area (Å²) in [7, 11) is -3.85. The molecule has 3 aromatic rings. The van der Waals surface area contributed by atoms with Crippen molar-refractivity contribution in [3.05, 3.63) is 82.5 Å². The molecule has 0 aliphatic carbocycles. The molecule has 0 bridgehead atoms. The van der Waals surface area contributed by atoms with Crippen LogP contribution in [0.5, 0.6) is 0 Å². The van der Waals surface area contributed by atoms with Gasteiger partial charge in [-0.1, -0.05) is 36.4 Å². The van der Waals surface area contributed by atoms with Gasteiger partial charge < -0.3 is 5.32 Å². The molecule has 0 fully saturated rings. The van der Waals surface area contributed by atoms with E-state index >= 15 is 0 Å². The molecule has 1 aliphatic heterocycles. The van der Waals surface area contributed by atoms with E-state index in [4.69, 9.17) is 0 Å². The number of hydrogen-bond acceptors (Lipinski definition) is 4. The predicted molar refractivity (Wildman–Crippen MR) is 111 cm³/mol. The van der Waals surface area contributed by atoms with Crippen LogP contribution in [0, 0.1) is 12.7 Å². The zero-order valence-electron chi connectivity index (χ0n) is 15.6. The fraction of sp³-hybridized carbons (Fsp3) is 0.190. The number of hydrogen-bond donors (Lipinski definition) is 1. The monoisotopic (exact) mass is 430 g/mol. The van der Waals surface area contributed by atoms with E-state index in [1.807, 2.05) is 24.3 Å². The molecule has 4 rings (SSSR count). The SMILES string of the molecule is Cc1ccc(NC(=O)C2Cc3ccccc3CN2S(=O)(=O)c2cccs2)cc1F. The molecule has 5 nitrogen and oxygen atoms in total. The summed E-state index contributed by atoms with van der Waals surface area (Å²) >= 11 is 1.12. The molecular weight excluding hydrogens is 411 g/mol. The quantitative estimate of drug-likeness (QED) is 0.682. The normalized spacial score (nSPS) is 17.0. The number of anilines is 1. The number of carbonyl (C=O) groups excluding carboxylic acids is 1. The number of nitrogens with one attached hydrogen (secondary N) is 1. The number of carbonyl (C=O) groups is 1. The van der Waals surface area contributed by atoms with E-state index in [0.29, 0.717) is 11.3 Å². The fourth-order valence-electron chi connectivity index (χ4n) is 3.40. The van der Waals surface area contributed by atoms with Gasteiger partial charge in [-0.2, -0.15) is 4.31 Å². The summed E-state index contributed by atoms with van der Waals surface area (Å²) in [5, 5.41) is 4.37. The second kappa shape index (κ2) is 7.70. The van der Waals surface area contributed by atoms with Crippen molar-refractivity contribution in [2.24, 2.45) is 0 Å². The van der Waals surface area contributed by atoms with E-state index in [1.165, 1.54) is 16.4 Å². The van der Waals surface area contributed by atoms with Gasteiger partial charge in [0, 0.05) is 12.2 Å². The van der Waals surface area contributed by atoms with E-state index in [1.54, 1.807) is 30.5 Å². The number of halogens is 1. The number of nitrogens with zero attached hydrogens (tertiary/aromatic N) is 1. The number of aryl methyl sites for hydroxylation is 1. The van der Waals surface area contributed by atoms with Crippen LogP contribution in [0.4, 0.5) is 10.1 Å². The molecule has 29 heavy (non-hydrogen) atoms.